The molecule has 14 heteroatoms. The van der Waals surface area contributed by atoms with Gasteiger partial charge in [-0.3, -0.25) is 4.55 Å². The number of carbonyl (C=O) groups is 2. The smallest absolute Gasteiger partial charge is 0.273 e. The number of rotatable bonds is 16. The normalized spacial score (nSPS) is 10.6. The average molecular weight is 555 g/mol. The number of hydrogen-bond acceptors (Lipinski definition) is 8. The van der Waals surface area contributed by atoms with Crippen molar-refractivity contribution in [1.29, 1.82) is 0 Å². The van der Waals surface area contributed by atoms with Gasteiger partial charge in [-0.15, -0.1) is 13.2 Å². The molecule has 0 rings (SSSR count). The van der Waals surface area contributed by atoms with Gasteiger partial charge < -0.3 is 54.6 Å². The highest BCUT2D eigenvalue weighted by molar-refractivity contribution is 7.87. The number of carboxylic acid groups (broad SMARTS) is 2. The Morgan fingerprint density at radius 1 is 0.667 bits per heavy atom. The Morgan fingerprint density at radius 3 is 1.14 bits per heavy atom. The van der Waals surface area contributed by atoms with Crippen LogP contribution < -0.4 is 45.0 Å². The maximum absolute atomic E-state index is 10.2. The van der Waals surface area contributed by atoms with E-state index in [1.54, 1.807) is 0 Å². The van der Waals surface area contributed by atoms with Crippen LogP contribution in [0.25, 0.3) is 0 Å². The first-order valence-corrected chi connectivity index (χ1v) is 12.8. The van der Waals surface area contributed by atoms with E-state index in [1.807, 2.05) is 0 Å². The number of aliphatic carboxylic acids is 2. The molecule has 0 aliphatic heterocycles. The van der Waals surface area contributed by atoms with E-state index >= 15 is 0 Å². The van der Waals surface area contributed by atoms with Crippen molar-refractivity contribution in [2.24, 2.45) is 11.8 Å². The summed E-state index contributed by atoms with van der Waals surface area (Å²) in [6.07, 6.45) is 10.4. The van der Waals surface area contributed by atoms with Crippen molar-refractivity contribution in [2.75, 3.05) is 13.2 Å². The second kappa shape index (κ2) is 33.6. The number of unbranched alkanes of at least 4 members (excludes halogenated alkanes) is 6. The second-order valence-corrected chi connectivity index (χ2v) is 10.1. The fraction of sp³-hybridized carbons (Fsp3) is 0.909. The van der Waals surface area contributed by atoms with E-state index in [4.69, 9.17) is 4.55 Å². The first-order chi connectivity index (χ1) is 14.8. The summed E-state index contributed by atoms with van der Waals surface area (Å²) >= 11 is 0. The van der Waals surface area contributed by atoms with Crippen LogP contribution in [0.4, 0.5) is 0 Å². The predicted octanol–water partition coefficient (Wildman–Crippen LogP) is 1.54. The van der Waals surface area contributed by atoms with Crippen LogP contribution in [0.5, 0.6) is 0 Å². The van der Waals surface area contributed by atoms with Gasteiger partial charge in [0, 0.05) is 12.4 Å². The van der Waals surface area contributed by atoms with Gasteiger partial charge in [-0.05, 0) is 11.8 Å². The van der Waals surface area contributed by atoms with E-state index in [-0.39, 0.29) is 37.8 Å². The molecule has 226 valence electrons. The van der Waals surface area contributed by atoms with E-state index in [1.165, 1.54) is 38.5 Å². The zero-order valence-corrected chi connectivity index (χ0v) is 24.9. The summed E-state index contributed by atoms with van der Waals surface area (Å²) in [4.78, 5) is 19.7. The Labute approximate surface area is 218 Å². The number of hydrogen-bond donors (Lipinski definition) is 5. The Hall–Kier alpha value is -1.39. The van der Waals surface area contributed by atoms with Crippen LogP contribution in [-0.4, -0.2) is 43.4 Å². The van der Waals surface area contributed by atoms with Crippen LogP contribution in [0, 0.1) is 11.8 Å². The van der Waals surface area contributed by atoms with Crippen LogP contribution in [-0.2, 0) is 19.7 Å². The van der Waals surface area contributed by atoms with Crippen LogP contribution in [0.3, 0.4) is 0 Å². The summed E-state index contributed by atoms with van der Waals surface area (Å²) < 4.78 is 28.5. The van der Waals surface area contributed by atoms with Gasteiger partial charge in [0.25, 0.3) is 10.1 Å². The molecule has 0 aromatic rings. The lowest BCUT2D eigenvalue weighted by Gasteiger charge is -2.14. The Morgan fingerprint density at radius 2 is 0.972 bits per heavy atom. The predicted molar refractivity (Wildman–Crippen MR) is 139 cm³/mol. The summed E-state index contributed by atoms with van der Waals surface area (Å²) in [5.41, 5.74) is 0. The van der Waals surface area contributed by atoms with Crippen molar-refractivity contribution in [3.63, 3.8) is 0 Å². The summed E-state index contributed by atoms with van der Waals surface area (Å²) in [5, 5.41) is 37.3. The molecular weight excluding hydrogens is 496 g/mol. The first-order valence-electron chi connectivity index (χ1n) is 11.3. The molecule has 17 N–H and O–H groups in total. The number of carbonyl (C=O) groups excluding carboxylic acids is 2. The van der Waals surface area contributed by atoms with E-state index in [0.717, 1.165) is 37.5 Å². The molecule has 0 aromatic heterocycles. The van der Waals surface area contributed by atoms with Gasteiger partial charge in [-0.1, -0.05) is 91.9 Å². The molecule has 1 unspecified atom stereocenters. The van der Waals surface area contributed by atoms with Gasteiger partial charge in [0.15, 0.2) is 0 Å². The maximum atomic E-state index is 10.2. The Bertz CT molecular complexity index is 546. The van der Waals surface area contributed by atoms with E-state index in [2.05, 4.69) is 27.7 Å². The minimum atomic E-state index is -4.94. The van der Waals surface area contributed by atoms with E-state index in [9.17, 15) is 38.4 Å². The molecule has 36 heavy (non-hydrogen) atoms. The zero-order chi connectivity index (χ0) is 25.6. The number of carboxylic acids is 2. The highest BCUT2D eigenvalue weighted by atomic mass is 32.2. The molecule has 0 spiro atoms. The molecule has 0 amide bonds. The molecule has 0 heterocycles. The fourth-order valence-electron chi connectivity index (χ4n) is 2.48. The van der Waals surface area contributed by atoms with Gasteiger partial charge in [0.1, 0.15) is 5.25 Å². The van der Waals surface area contributed by atoms with Gasteiger partial charge in [-0.2, -0.15) is 8.42 Å². The van der Waals surface area contributed by atoms with Gasteiger partial charge in [0.05, 0.1) is 5.97 Å². The summed E-state index contributed by atoms with van der Waals surface area (Å²) in [7, 11) is -4.94. The quantitative estimate of drug-likeness (QED) is 0.136. The van der Waals surface area contributed by atoms with Crippen molar-refractivity contribution in [1.82, 2.24) is 24.6 Å². The largest absolute Gasteiger partial charge is 0.854 e. The third-order valence-electron chi connectivity index (χ3n) is 4.33. The number of quaternary nitrogens is 4. The lowest BCUT2D eigenvalue weighted by atomic mass is 10.0. The monoisotopic (exact) mass is 554 g/mol. The topological polar surface area (TPSA) is 327 Å². The van der Waals surface area contributed by atoms with Gasteiger partial charge >= 0.3 is 0 Å². The van der Waals surface area contributed by atoms with Gasteiger partial charge in [-0.25, -0.2) is 0 Å². The Balaban J connectivity index is -0.0000000667. The molecule has 0 saturated heterocycles. The lowest BCUT2D eigenvalue weighted by molar-refractivity contribution is -0.368. The van der Waals surface area contributed by atoms with Crippen molar-refractivity contribution in [3.05, 3.63) is 0 Å². The zero-order valence-electron chi connectivity index (χ0n) is 24.0. The molecule has 0 aliphatic rings. The summed E-state index contributed by atoms with van der Waals surface area (Å²) in [6.45, 7) is 9.20. The van der Waals surface area contributed by atoms with Crippen molar-refractivity contribution >= 4 is 22.1 Å². The maximum Gasteiger partial charge on any atom is 0.273 e. The molecule has 0 aliphatic carbocycles. The van der Waals surface area contributed by atoms with E-state index < -0.39 is 33.7 Å². The SMILES string of the molecule is CC(C)CCCCCC[O-].CC(C)CCCCCC[O-].O=C([O-])CC(C(=O)[O-])S(=O)(=O)O.[NH4+].[NH4+].[NH4+].[NH4+]. The fourth-order valence-corrected chi connectivity index (χ4v) is 3.07. The third-order valence-corrected chi connectivity index (χ3v) is 5.40. The summed E-state index contributed by atoms with van der Waals surface area (Å²) in [6, 6.07) is 0. The average Bonchev–Trinajstić information content (AvgIpc) is 2.65. The van der Waals surface area contributed by atoms with Gasteiger partial charge in [0.2, 0.25) is 0 Å². The molecule has 1 atom stereocenters. The molecular formula is C22H58N4O9S. The Kier molecular flexibility index (Phi) is 47.9. The molecule has 0 fully saturated rings. The summed E-state index contributed by atoms with van der Waals surface area (Å²) in [5.74, 6) is -2.43. The first kappa shape index (κ1) is 51.3. The van der Waals surface area contributed by atoms with Crippen LogP contribution in [0.15, 0.2) is 0 Å². The van der Waals surface area contributed by atoms with Crippen molar-refractivity contribution < 1.29 is 43.0 Å². The molecule has 0 radical (unpaired) electrons. The third kappa shape index (κ3) is 46.0. The van der Waals surface area contributed by atoms with Crippen LogP contribution >= 0.6 is 0 Å². The van der Waals surface area contributed by atoms with Crippen LogP contribution in [0.2, 0.25) is 0 Å². The highest BCUT2D eigenvalue weighted by Crippen LogP contribution is 2.09. The molecule has 13 nitrogen and oxygen atoms in total. The van der Waals surface area contributed by atoms with E-state index in [0.29, 0.717) is 0 Å². The lowest BCUT2D eigenvalue weighted by Crippen LogP contribution is -2.44. The van der Waals surface area contributed by atoms with Crippen LogP contribution in [0.1, 0.15) is 98.3 Å². The molecule has 0 bridgehead atoms. The second-order valence-electron chi connectivity index (χ2n) is 8.50. The minimum absolute atomic E-state index is 0. The minimum Gasteiger partial charge on any atom is -0.854 e. The van der Waals surface area contributed by atoms with Crippen molar-refractivity contribution in [3.8, 4) is 0 Å². The van der Waals surface area contributed by atoms with Crippen molar-refractivity contribution in [2.45, 2.75) is 104 Å². The molecule has 0 saturated carbocycles. The molecule has 0 aromatic carbocycles. The standard InChI is InChI=1S/2C9H19O.C4H6O7S.4H3N/c2*1-9(2)7-5-3-4-6-8-10;5-3(6)1-2(4(7)8)12(9,10)11;;;;/h2*9H,3-8H2,1-2H3;2H,1H2,(H,5,6)(H,7,8)(H,9,10,11);4*1H3/q2*-1;;;;;/p+2. The highest BCUT2D eigenvalue weighted by Gasteiger charge is 2.24.